The quantitative estimate of drug-likeness (QED) is 0.763. The first kappa shape index (κ1) is 12.4. The van der Waals surface area contributed by atoms with Crippen LogP contribution in [-0.2, 0) is 9.84 Å². The number of aromatic nitrogens is 3. The van der Waals surface area contributed by atoms with Gasteiger partial charge in [-0.3, -0.25) is 4.79 Å². The fourth-order valence-corrected chi connectivity index (χ4v) is 2.03. The summed E-state index contributed by atoms with van der Waals surface area (Å²) < 4.78 is 36.9. The summed E-state index contributed by atoms with van der Waals surface area (Å²) in [6.07, 6.45) is 3.64. The molecule has 0 aliphatic rings. The van der Waals surface area contributed by atoms with E-state index in [0.29, 0.717) is 6.29 Å². The van der Waals surface area contributed by atoms with Crippen molar-refractivity contribution in [2.45, 2.75) is 5.03 Å². The summed E-state index contributed by atoms with van der Waals surface area (Å²) in [6.45, 7) is 0. The molecule has 0 atom stereocenters. The van der Waals surface area contributed by atoms with E-state index in [1.807, 2.05) is 0 Å². The molecule has 2 aromatic heterocycles. The monoisotopic (exact) mass is 269 g/mol. The summed E-state index contributed by atoms with van der Waals surface area (Å²) in [7, 11) is -3.76. The summed E-state index contributed by atoms with van der Waals surface area (Å²) in [5.41, 5.74) is 0.181. The van der Waals surface area contributed by atoms with Gasteiger partial charge in [-0.1, -0.05) is 0 Å². The average Bonchev–Trinajstić information content (AvgIpc) is 2.71. The predicted molar refractivity (Wildman–Crippen MR) is 59.8 cm³/mol. The van der Waals surface area contributed by atoms with E-state index >= 15 is 0 Å². The molecule has 0 aliphatic carbocycles. The van der Waals surface area contributed by atoms with Crippen molar-refractivity contribution in [3.63, 3.8) is 0 Å². The van der Waals surface area contributed by atoms with Gasteiger partial charge in [0.1, 0.15) is 0 Å². The number of hydrogen-bond acceptors (Lipinski definition) is 5. The Kier molecular flexibility index (Phi) is 2.95. The predicted octanol–water partition coefficient (Wildman–Crippen LogP) is 0.622. The second kappa shape index (κ2) is 4.30. The van der Waals surface area contributed by atoms with Gasteiger partial charge in [-0.05, 0) is 12.1 Å². The number of pyridine rings is 1. The summed E-state index contributed by atoms with van der Waals surface area (Å²) in [5, 5.41) is 2.92. The maximum absolute atomic E-state index is 13.4. The van der Waals surface area contributed by atoms with Crippen molar-refractivity contribution in [3.8, 4) is 5.82 Å². The molecule has 0 radical (unpaired) electrons. The largest absolute Gasteiger partial charge is 0.298 e. The Labute approximate surface area is 102 Å². The van der Waals surface area contributed by atoms with Gasteiger partial charge < -0.3 is 0 Å². The number of rotatable bonds is 3. The number of sulfone groups is 1. The van der Waals surface area contributed by atoms with Crippen LogP contribution in [0.2, 0.25) is 0 Å². The van der Waals surface area contributed by atoms with Gasteiger partial charge in [-0.2, -0.15) is 5.10 Å². The molecule has 0 amide bonds. The van der Waals surface area contributed by atoms with Crippen molar-refractivity contribution >= 4 is 16.1 Å². The summed E-state index contributed by atoms with van der Waals surface area (Å²) in [5.74, 6) is -0.915. The average molecular weight is 269 g/mol. The Morgan fingerprint density at radius 2 is 2.17 bits per heavy atom. The molecule has 0 aliphatic heterocycles. The fourth-order valence-electron chi connectivity index (χ4n) is 1.39. The minimum atomic E-state index is -3.76. The lowest BCUT2D eigenvalue weighted by atomic mass is 10.3. The molecular formula is C10H8FN3O3S. The standard InChI is InChI=1S/C10H8FN3O3S/c1-18(16,17)10-8(11)5-14(13-10)9-7(6-15)3-2-4-12-9/h2-6H,1H3. The van der Waals surface area contributed by atoms with Crippen LogP contribution in [0.15, 0.2) is 29.6 Å². The third-order valence-corrected chi connectivity index (χ3v) is 3.13. The second-order valence-corrected chi connectivity index (χ2v) is 5.46. The lowest BCUT2D eigenvalue weighted by Crippen LogP contribution is -2.05. The Bertz CT molecular complexity index is 709. The van der Waals surface area contributed by atoms with Crippen molar-refractivity contribution in [1.29, 1.82) is 0 Å². The van der Waals surface area contributed by atoms with E-state index < -0.39 is 20.7 Å². The van der Waals surface area contributed by atoms with Gasteiger partial charge in [0.05, 0.1) is 11.8 Å². The first-order valence-corrected chi connectivity index (χ1v) is 6.68. The number of halogens is 1. The van der Waals surface area contributed by atoms with Crippen LogP contribution in [0.25, 0.3) is 5.82 Å². The third kappa shape index (κ3) is 2.14. The fraction of sp³-hybridized carbons (Fsp3) is 0.100. The second-order valence-electron chi connectivity index (χ2n) is 3.53. The van der Waals surface area contributed by atoms with Crippen LogP contribution in [0, 0.1) is 5.82 Å². The molecule has 2 rings (SSSR count). The molecule has 0 saturated carbocycles. The maximum atomic E-state index is 13.4. The van der Waals surface area contributed by atoms with E-state index in [1.54, 1.807) is 0 Å². The first-order valence-electron chi connectivity index (χ1n) is 4.79. The Morgan fingerprint density at radius 1 is 1.44 bits per heavy atom. The van der Waals surface area contributed by atoms with E-state index in [9.17, 15) is 17.6 Å². The van der Waals surface area contributed by atoms with E-state index in [1.165, 1.54) is 18.3 Å². The number of aldehydes is 1. The summed E-state index contributed by atoms with van der Waals surface area (Å²) >= 11 is 0. The highest BCUT2D eigenvalue weighted by Crippen LogP contribution is 2.15. The molecule has 94 valence electrons. The van der Waals surface area contributed by atoms with Crippen molar-refractivity contribution < 1.29 is 17.6 Å². The molecule has 8 heteroatoms. The molecule has 2 aromatic rings. The molecule has 6 nitrogen and oxygen atoms in total. The van der Waals surface area contributed by atoms with Crippen LogP contribution in [-0.4, -0.2) is 35.7 Å². The smallest absolute Gasteiger partial charge is 0.212 e. The van der Waals surface area contributed by atoms with Gasteiger partial charge in [0.25, 0.3) is 0 Å². The van der Waals surface area contributed by atoms with E-state index in [2.05, 4.69) is 10.1 Å². The molecule has 0 N–H and O–H groups in total. The zero-order chi connectivity index (χ0) is 13.3. The summed E-state index contributed by atoms with van der Waals surface area (Å²) in [4.78, 5) is 14.7. The van der Waals surface area contributed by atoms with E-state index in [4.69, 9.17) is 0 Å². The van der Waals surface area contributed by atoms with E-state index in [-0.39, 0.29) is 11.4 Å². The van der Waals surface area contributed by atoms with Crippen molar-refractivity contribution in [2.75, 3.05) is 6.26 Å². The maximum Gasteiger partial charge on any atom is 0.212 e. The normalized spacial score (nSPS) is 11.4. The van der Waals surface area contributed by atoms with Gasteiger partial charge in [0.15, 0.2) is 27.8 Å². The van der Waals surface area contributed by atoms with Crippen LogP contribution in [0.4, 0.5) is 4.39 Å². The van der Waals surface area contributed by atoms with Crippen LogP contribution in [0.1, 0.15) is 10.4 Å². The van der Waals surface area contributed by atoms with Gasteiger partial charge in [0.2, 0.25) is 5.03 Å². The molecule has 0 spiro atoms. The highest BCUT2D eigenvalue weighted by molar-refractivity contribution is 7.90. The SMILES string of the molecule is CS(=O)(=O)c1nn(-c2ncccc2C=O)cc1F. The Hall–Kier alpha value is -2.09. The summed E-state index contributed by atoms with van der Waals surface area (Å²) in [6, 6.07) is 3.00. The molecule has 0 aromatic carbocycles. The molecule has 18 heavy (non-hydrogen) atoms. The van der Waals surface area contributed by atoms with Gasteiger partial charge in [0, 0.05) is 12.5 Å². The molecular weight excluding hydrogens is 261 g/mol. The van der Waals surface area contributed by atoms with Gasteiger partial charge in [-0.25, -0.2) is 22.5 Å². The third-order valence-electron chi connectivity index (χ3n) is 2.15. The lowest BCUT2D eigenvalue weighted by molar-refractivity contribution is 0.112. The van der Waals surface area contributed by atoms with Gasteiger partial charge in [-0.15, -0.1) is 0 Å². The number of hydrogen-bond donors (Lipinski definition) is 0. The number of carbonyl (C=O) groups excluding carboxylic acids is 1. The Balaban J connectivity index is 2.63. The molecule has 2 heterocycles. The van der Waals surface area contributed by atoms with Crippen LogP contribution < -0.4 is 0 Å². The Morgan fingerprint density at radius 3 is 2.72 bits per heavy atom. The number of carbonyl (C=O) groups is 1. The van der Waals surface area contributed by atoms with Crippen molar-refractivity contribution in [3.05, 3.63) is 35.9 Å². The lowest BCUT2D eigenvalue weighted by Gasteiger charge is -2.01. The minimum Gasteiger partial charge on any atom is -0.298 e. The minimum absolute atomic E-state index is 0.0706. The first-order chi connectivity index (χ1) is 8.43. The van der Waals surface area contributed by atoms with Crippen LogP contribution in [0.5, 0.6) is 0 Å². The van der Waals surface area contributed by atoms with Crippen molar-refractivity contribution in [2.24, 2.45) is 0 Å². The molecule has 0 unspecified atom stereocenters. The molecule has 0 fully saturated rings. The van der Waals surface area contributed by atoms with Crippen LogP contribution in [0.3, 0.4) is 0 Å². The molecule has 0 bridgehead atoms. The zero-order valence-corrected chi connectivity index (χ0v) is 10.1. The number of nitrogens with zero attached hydrogens (tertiary/aromatic N) is 3. The van der Waals surface area contributed by atoms with Crippen LogP contribution >= 0.6 is 0 Å². The highest BCUT2D eigenvalue weighted by Gasteiger charge is 2.20. The topological polar surface area (TPSA) is 81.9 Å². The molecule has 0 saturated heterocycles. The van der Waals surface area contributed by atoms with E-state index in [0.717, 1.165) is 17.1 Å². The van der Waals surface area contributed by atoms with Gasteiger partial charge >= 0.3 is 0 Å². The zero-order valence-electron chi connectivity index (χ0n) is 9.24. The van der Waals surface area contributed by atoms with Crippen molar-refractivity contribution in [1.82, 2.24) is 14.8 Å². The highest BCUT2D eigenvalue weighted by atomic mass is 32.2.